The van der Waals surface area contributed by atoms with Crippen molar-refractivity contribution in [1.29, 1.82) is 0 Å². The third-order valence-electron chi connectivity index (χ3n) is 3.93. The van der Waals surface area contributed by atoms with Gasteiger partial charge in [-0.15, -0.1) is 0 Å². The number of nitrogens with zero attached hydrogens (tertiary/aromatic N) is 3. The third kappa shape index (κ3) is 2.90. The van der Waals surface area contributed by atoms with Crippen LogP contribution in [-0.4, -0.2) is 20.8 Å². The van der Waals surface area contributed by atoms with E-state index in [1.54, 1.807) is 0 Å². The van der Waals surface area contributed by atoms with Gasteiger partial charge in [-0.25, -0.2) is 0 Å². The molecule has 0 aromatic carbocycles. The molecule has 2 heterocycles. The zero-order valence-electron chi connectivity index (χ0n) is 12.5. The van der Waals surface area contributed by atoms with Crippen molar-refractivity contribution in [2.45, 2.75) is 52.7 Å². The molecule has 106 valence electrons. The molecule has 1 aliphatic rings. The Morgan fingerprint density at radius 1 is 1.25 bits per heavy atom. The molecule has 0 radical (unpaired) electrons. The number of pyridine rings is 1. The summed E-state index contributed by atoms with van der Waals surface area (Å²) >= 11 is 0. The second-order valence-corrected chi connectivity index (χ2v) is 5.73. The van der Waals surface area contributed by atoms with Crippen LogP contribution < -0.4 is 5.32 Å². The zero-order chi connectivity index (χ0) is 14.1. The Kier molecular flexibility index (Phi) is 3.57. The van der Waals surface area contributed by atoms with E-state index in [4.69, 9.17) is 0 Å². The van der Waals surface area contributed by atoms with Gasteiger partial charge in [-0.05, 0) is 45.7 Å². The summed E-state index contributed by atoms with van der Waals surface area (Å²) in [5, 5.41) is 8.24. The van der Waals surface area contributed by atoms with Gasteiger partial charge in [0.1, 0.15) is 0 Å². The fraction of sp³-hybridized carbons (Fsp3) is 0.500. The number of rotatable bonds is 5. The monoisotopic (exact) mass is 270 g/mol. The molecule has 1 saturated carbocycles. The van der Waals surface area contributed by atoms with Crippen molar-refractivity contribution in [1.82, 2.24) is 20.1 Å². The summed E-state index contributed by atoms with van der Waals surface area (Å²) < 4.78 is 2.07. The van der Waals surface area contributed by atoms with Gasteiger partial charge in [0.2, 0.25) is 0 Å². The van der Waals surface area contributed by atoms with E-state index in [0.29, 0.717) is 0 Å². The van der Waals surface area contributed by atoms with Crippen LogP contribution in [0, 0.1) is 20.8 Å². The Bertz CT molecular complexity index is 611. The Balaban J connectivity index is 1.77. The lowest BCUT2D eigenvalue weighted by atomic mass is 10.2. The summed E-state index contributed by atoms with van der Waals surface area (Å²) in [4.78, 5) is 4.56. The summed E-state index contributed by atoms with van der Waals surface area (Å²) in [5.74, 6) is 0. The molecule has 4 nitrogen and oxygen atoms in total. The van der Waals surface area contributed by atoms with Crippen LogP contribution in [0.15, 0.2) is 18.2 Å². The molecule has 1 N–H and O–H groups in total. The maximum atomic E-state index is 4.67. The van der Waals surface area contributed by atoms with Gasteiger partial charge in [-0.3, -0.25) is 9.67 Å². The molecule has 1 aliphatic carbocycles. The first-order chi connectivity index (χ1) is 9.63. The van der Waals surface area contributed by atoms with Crippen LogP contribution in [-0.2, 0) is 13.1 Å². The highest BCUT2D eigenvalue weighted by Gasteiger charge is 2.21. The van der Waals surface area contributed by atoms with Crippen LogP contribution >= 0.6 is 0 Å². The van der Waals surface area contributed by atoms with Crippen LogP contribution in [0.3, 0.4) is 0 Å². The second kappa shape index (κ2) is 5.37. The van der Waals surface area contributed by atoms with E-state index in [2.05, 4.69) is 46.1 Å². The Morgan fingerprint density at radius 3 is 2.75 bits per heavy atom. The lowest BCUT2D eigenvalue weighted by molar-refractivity contribution is 0.640. The highest BCUT2D eigenvalue weighted by atomic mass is 15.3. The molecule has 0 amide bonds. The standard InChI is InChI=1S/C16H22N4/c1-11-5-4-6-15(18-11)10-20-13(3)16(12(2)19-20)9-17-14-7-8-14/h4-6,14,17H,7-10H2,1-3H3. The zero-order valence-corrected chi connectivity index (χ0v) is 12.5. The van der Waals surface area contributed by atoms with Crippen LogP contribution in [0.4, 0.5) is 0 Å². The molecule has 0 unspecified atom stereocenters. The fourth-order valence-electron chi connectivity index (χ4n) is 2.52. The number of hydrogen-bond acceptors (Lipinski definition) is 3. The van der Waals surface area contributed by atoms with Gasteiger partial charge in [0, 0.05) is 29.5 Å². The predicted molar refractivity (Wildman–Crippen MR) is 79.6 cm³/mol. The van der Waals surface area contributed by atoms with Crippen molar-refractivity contribution in [2.24, 2.45) is 0 Å². The molecule has 0 saturated heterocycles. The third-order valence-corrected chi connectivity index (χ3v) is 3.93. The Labute approximate surface area is 120 Å². The molecule has 0 bridgehead atoms. The molecule has 0 atom stereocenters. The van der Waals surface area contributed by atoms with Crippen molar-refractivity contribution in [3.63, 3.8) is 0 Å². The van der Waals surface area contributed by atoms with E-state index in [0.717, 1.165) is 36.2 Å². The van der Waals surface area contributed by atoms with E-state index in [9.17, 15) is 0 Å². The summed E-state index contributed by atoms with van der Waals surface area (Å²) in [5.41, 5.74) is 5.84. The largest absolute Gasteiger partial charge is 0.310 e. The molecule has 3 rings (SSSR count). The number of hydrogen-bond donors (Lipinski definition) is 1. The average Bonchev–Trinajstić information content (AvgIpc) is 3.18. The van der Waals surface area contributed by atoms with Crippen molar-refractivity contribution in [3.8, 4) is 0 Å². The van der Waals surface area contributed by atoms with Crippen molar-refractivity contribution in [3.05, 3.63) is 46.5 Å². The van der Waals surface area contributed by atoms with Gasteiger partial charge >= 0.3 is 0 Å². The molecule has 1 fully saturated rings. The van der Waals surface area contributed by atoms with E-state index < -0.39 is 0 Å². The van der Waals surface area contributed by atoms with Gasteiger partial charge in [0.05, 0.1) is 17.9 Å². The van der Waals surface area contributed by atoms with Gasteiger partial charge in [0.15, 0.2) is 0 Å². The lowest BCUT2D eigenvalue weighted by Gasteiger charge is -2.06. The van der Waals surface area contributed by atoms with E-state index >= 15 is 0 Å². The first kappa shape index (κ1) is 13.3. The molecular weight excluding hydrogens is 248 g/mol. The maximum Gasteiger partial charge on any atom is 0.0834 e. The number of nitrogens with one attached hydrogen (secondary N) is 1. The van der Waals surface area contributed by atoms with Crippen LogP contribution in [0.5, 0.6) is 0 Å². The normalized spacial score (nSPS) is 14.8. The van der Waals surface area contributed by atoms with Crippen molar-refractivity contribution >= 4 is 0 Å². The summed E-state index contributed by atoms with van der Waals surface area (Å²) in [6, 6.07) is 6.87. The molecule has 20 heavy (non-hydrogen) atoms. The summed E-state index contributed by atoms with van der Waals surface area (Å²) in [7, 11) is 0. The summed E-state index contributed by atoms with van der Waals surface area (Å²) in [6.07, 6.45) is 2.64. The minimum absolute atomic E-state index is 0.732. The van der Waals surface area contributed by atoms with Gasteiger partial charge < -0.3 is 5.32 Å². The van der Waals surface area contributed by atoms with Crippen LogP contribution in [0.2, 0.25) is 0 Å². The molecule has 4 heteroatoms. The van der Waals surface area contributed by atoms with E-state index in [1.807, 2.05) is 13.0 Å². The highest BCUT2D eigenvalue weighted by Crippen LogP contribution is 2.21. The Hall–Kier alpha value is -1.68. The van der Waals surface area contributed by atoms with Gasteiger partial charge in [0.25, 0.3) is 0 Å². The maximum absolute atomic E-state index is 4.67. The highest BCUT2D eigenvalue weighted by molar-refractivity contribution is 5.25. The minimum atomic E-state index is 0.732. The van der Waals surface area contributed by atoms with Crippen molar-refractivity contribution in [2.75, 3.05) is 0 Å². The van der Waals surface area contributed by atoms with Crippen LogP contribution in [0.25, 0.3) is 0 Å². The van der Waals surface area contributed by atoms with Gasteiger partial charge in [-0.1, -0.05) is 6.07 Å². The minimum Gasteiger partial charge on any atom is -0.310 e. The predicted octanol–water partition coefficient (Wildman–Crippen LogP) is 2.50. The first-order valence-electron chi connectivity index (χ1n) is 7.32. The Morgan fingerprint density at radius 2 is 2.05 bits per heavy atom. The fourth-order valence-corrected chi connectivity index (χ4v) is 2.52. The SMILES string of the molecule is Cc1cccc(Cn2nc(C)c(CNC3CC3)c2C)n1. The second-order valence-electron chi connectivity index (χ2n) is 5.73. The first-order valence-corrected chi connectivity index (χ1v) is 7.32. The molecular formula is C16H22N4. The van der Waals surface area contributed by atoms with E-state index in [-0.39, 0.29) is 0 Å². The van der Waals surface area contributed by atoms with Crippen LogP contribution in [0.1, 0.15) is 41.2 Å². The van der Waals surface area contributed by atoms with E-state index in [1.165, 1.54) is 24.1 Å². The van der Waals surface area contributed by atoms with Gasteiger partial charge in [-0.2, -0.15) is 5.10 Å². The molecule has 0 aliphatic heterocycles. The molecule has 2 aromatic rings. The molecule has 2 aromatic heterocycles. The number of aromatic nitrogens is 3. The summed E-state index contributed by atoms with van der Waals surface area (Å²) in [6.45, 7) is 7.95. The quantitative estimate of drug-likeness (QED) is 0.907. The van der Waals surface area contributed by atoms with Crippen molar-refractivity contribution < 1.29 is 0 Å². The lowest BCUT2D eigenvalue weighted by Crippen LogP contribution is -2.16. The average molecular weight is 270 g/mol. The topological polar surface area (TPSA) is 42.7 Å². The molecule has 0 spiro atoms. The smallest absolute Gasteiger partial charge is 0.0834 e. The number of aryl methyl sites for hydroxylation is 2.